The predicted molar refractivity (Wildman–Crippen MR) is 274 cm³/mol. The lowest BCUT2D eigenvalue weighted by Gasteiger charge is -2.17. The Morgan fingerprint density at radius 3 is 1.34 bits per heavy atom. The number of aliphatic hydroxyl groups is 2. The van der Waals surface area contributed by atoms with Crippen LogP contribution in [0.15, 0.2) is 85.5 Å². The number of hydrogen-bond donors (Lipinski definition) is 3. The number of ketones is 1. The fraction of sp³-hybridized carbons (Fsp3) is 0.424. The summed E-state index contributed by atoms with van der Waals surface area (Å²) in [5, 5.41) is 28.8. The summed E-state index contributed by atoms with van der Waals surface area (Å²) in [6.45, 7) is 7.83. The third-order valence-corrected chi connectivity index (χ3v) is 14.9. The summed E-state index contributed by atoms with van der Waals surface area (Å²) in [4.78, 5) is 39.6. The van der Waals surface area contributed by atoms with Crippen molar-refractivity contribution in [2.45, 2.75) is 122 Å². The van der Waals surface area contributed by atoms with E-state index in [1.165, 1.54) is 24.3 Å². The lowest BCUT2D eigenvalue weighted by Crippen LogP contribution is -2.19. The summed E-state index contributed by atoms with van der Waals surface area (Å²) >= 11 is 0. The number of hydrogen-bond acceptors (Lipinski definition) is 12. The van der Waals surface area contributed by atoms with Gasteiger partial charge in [-0.25, -0.2) is 28.7 Å². The molecule has 2 fully saturated rings. The number of benzene rings is 2. The van der Waals surface area contributed by atoms with Crippen LogP contribution in [0.2, 0.25) is 0 Å². The van der Waals surface area contributed by atoms with Gasteiger partial charge in [0.1, 0.15) is 30.6 Å². The number of fused-ring (bicyclic) bond motifs is 6. The van der Waals surface area contributed by atoms with Gasteiger partial charge in [-0.1, -0.05) is 12.1 Å². The number of carboxylic acid groups (broad SMARTS) is 1. The number of alkyl halides is 6. The van der Waals surface area contributed by atoms with E-state index in [1.807, 2.05) is 0 Å². The van der Waals surface area contributed by atoms with Gasteiger partial charge in [0.25, 0.3) is 0 Å². The Morgan fingerprint density at radius 1 is 0.562 bits per heavy atom. The molecule has 4 aliphatic rings. The number of carbonyl (C=O) groups is 2. The number of pyridine rings is 4. The molecular formula is C59H58F8N4O9. The first-order valence-electron chi connectivity index (χ1n) is 26.0. The fourth-order valence-corrected chi connectivity index (χ4v) is 10.9. The second-order valence-corrected chi connectivity index (χ2v) is 22.1. The molecule has 80 heavy (non-hydrogen) atoms. The van der Waals surface area contributed by atoms with Crippen LogP contribution in [0.25, 0.3) is 22.3 Å². The second kappa shape index (κ2) is 22.3. The summed E-state index contributed by atoms with van der Waals surface area (Å²) in [6, 6.07) is 12.4. The first kappa shape index (κ1) is 57.4. The van der Waals surface area contributed by atoms with Crippen molar-refractivity contribution in [1.82, 2.24) is 19.9 Å². The third-order valence-electron chi connectivity index (χ3n) is 14.9. The van der Waals surface area contributed by atoms with Gasteiger partial charge in [-0.2, -0.15) is 26.3 Å². The van der Waals surface area contributed by atoms with Crippen LogP contribution in [0.4, 0.5) is 35.1 Å². The van der Waals surface area contributed by atoms with E-state index >= 15 is 0 Å². The topological polar surface area (TPSA) is 183 Å². The number of nitrogens with zero attached hydrogens (tertiary/aromatic N) is 4. The molecule has 3 N–H and O–H groups in total. The van der Waals surface area contributed by atoms with E-state index < -0.39 is 52.3 Å². The Hall–Kier alpha value is -7.26. The van der Waals surface area contributed by atoms with Gasteiger partial charge in [0.05, 0.1) is 41.5 Å². The molecule has 6 atom stereocenters. The molecule has 0 radical (unpaired) electrons. The van der Waals surface area contributed by atoms with Crippen molar-refractivity contribution < 1.29 is 79.0 Å². The summed E-state index contributed by atoms with van der Waals surface area (Å²) in [7, 11) is 0. The molecule has 2 saturated carbocycles. The average molecular weight is 1120 g/mol. The monoisotopic (exact) mass is 1120 g/mol. The number of halogens is 8. The first-order chi connectivity index (χ1) is 37.6. The Bertz CT molecular complexity index is 3090. The van der Waals surface area contributed by atoms with Crippen molar-refractivity contribution in [2.75, 3.05) is 13.2 Å². The minimum absolute atomic E-state index is 0.0358. The van der Waals surface area contributed by atoms with E-state index in [1.54, 1.807) is 59.1 Å². The molecule has 0 spiro atoms. The lowest BCUT2D eigenvalue weighted by molar-refractivity contribution is -0.139. The summed E-state index contributed by atoms with van der Waals surface area (Å²) in [5.74, 6) is -1.57. The molecule has 6 aromatic rings. The largest absolute Gasteiger partial charge is 0.481 e. The Balaban J connectivity index is 0.000000194. The molecule has 21 heteroatoms. The van der Waals surface area contributed by atoms with Crippen LogP contribution >= 0.6 is 0 Å². The van der Waals surface area contributed by atoms with Crippen molar-refractivity contribution >= 4 is 11.8 Å². The second-order valence-electron chi connectivity index (χ2n) is 22.1. The zero-order valence-electron chi connectivity index (χ0n) is 44.2. The Kier molecular flexibility index (Phi) is 16.0. The first-order valence-corrected chi connectivity index (χ1v) is 26.0. The quantitative estimate of drug-likeness (QED) is 0.0485. The van der Waals surface area contributed by atoms with Crippen molar-refractivity contribution in [2.24, 2.45) is 23.7 Å². The van der Waals surface area contributed by atoms with Gasteiger partial charge < -0.3 is 34.3 Å². The smallest absolute Gasteiger partial charge is 0.417 e. The van der Waals surface area contributed by atoms with Gasteiger partial charge in [-0.15, -0.1) is 0 Å². The number of carbonyl (C=O) groups excluding carboxylic acids is 1. The van der Waals surface area contributed by atoms with Crippen LogP contribution in [0, 0.1) is 35.3 Å². The van der Waals surface area contributed by atoms with Gasteiger partial charge in [-0.3, -0.25) is 9.59 Å². The number of Topliss-reactive ketones (excluding diaryl/α,β-unsaturated/α-hetero) is 1. The average Bonchev–Trinajstić information content (AvgIpc) is 4.12. The van der Waals surface area contributed by atoms with E-state index in [9.17, 15) is 60.0 Å². The molecule has 13 nitrogen and oxygen atoms in total. The van der Waals surface area contributed by atoms with Crippen LogP contribution in [0.1, 0.15) is 117 Å². The van der Waals surface area contributed by atoms with E-state index in [2.05, 4.69) is 19.9 Å². The summed E-state index contributed by atoms with van der Waals surface area (Å²) in [6.07, 6.45) is -0.976. The van der Waals surface area contributed by atoms with Gasteiger partial charge >= 0.3 is 18.3 Å². The SMILES string of the molecule is CC(=O)[C@H]1[C@@H]2Cc3cc(OCc4cc(-c5cnc(OCCCC(C)(C)O)cc5C(F)(F)F)ccc4F)ncc3[C@@H]21.CC(C)(O)CCCOc1cc(C(F)(F)F)c(-c2ccc(F)c(COc3cc4c(cn3)[C@H]3[C@@H](C4)[C@@H]3C(=O)O)c2)cn1. The highest BCUT2D eigenvalue weighted by molar-refractivity contribution is 5.84. The number of carboxylic acids is 1. The maximum Gasteiger partial charge on any atom is 0.417 e. The number of aliphatic carboxylic acids is 1. The molecule has 10 rings (SSSR count). The lowest BCUT2D eigenvalue weighted by atomic mass is 9.99. The van der Waals surface area contributed by atoms with Crippen LogP contribution in [-0.2, 0) is 48.0 Å². The van der Waals surface area contributed by atoms with Crippen molar-refractivity contribution in [3.8, 4) is 45.8 Å². The van der Waals surface area contributed by atoms with Gasteiger partial charge in [-0.05, 0) is 149 Å². The maximum absolute atomic E-state index is 14.6. The van der Waals surface area contributed by atoms with Gasteiger partial charge in [0.2, 0.25) is 23.5 Å². The Morgan fingerprint density at radius 2 is 0.950 bits per heavy atom. The molecule has 0 aliphatic heterocycles. The summed E-state index contributed by atoms with van der Waals surface area (Å²) < 4.78 is 135. The predicted octanol–water partition coefficient (Wildman–Crippen LogP) is 12.1. The molecular weight excluding hydrogens is 1060 g/mol. The third kappa shape index (κ3) is 13.3. The van der Waals surface area contributed by atoms with E-state index in [-0.39, 0.29) is 119 Å². The maximum atomic E-state index is 14.6. The van der Waals surface area contributed by atoms with Crippen LogP contribution in [0.3, 0.4) is 0 Å². The highest BCUT2D eigenvalue weighted by Crippen LogP contribution is 2.62. The Labute approximate surface area is 455 Å². The summed E-state index contributed by atoms with van der Waals surface area (Å²) in [5.41, 5.74) is 0.0605. The molecule has 4 heterocycles. The number of aromatic nitrogens is 4. The molecule has 0 bridgehead atoms. The van der Waals surface area contributed by atoms with Gasteiger partial charge in [0, 0.05) is 83.1 Å². The zero-order chi connectivity index (χ0) is 57.6. The van der Waals surface area contributed by atoms with Crippen LogP contribution in [-0.4, -0.2) is 71.4 Å². The van der Waals surface area contributed by atoms with E-state index in [0.29, 0.717) is 38.0 Å². The fourth-order valence-electron chi connectivity index (χ4n) is 10.9. The highest BCUT2D eigenvalue weighted by Gasteiger charge is 2.60. The van der Waals surface area contributed by atoms with Crippen LogP contribution < -0.4 is 18.9 Å². The molecule has 0 amide bonds. The van der Waals surface area contributed by atoms with Crippen molar-refractivity contribution in [1.29, 1.82) is 0 Å². The van der Waals surface area contributed by atoms with Crippen LogP contribution in [0.5, 0.6) is 23.5 Å². The molecule has 4 aliphatic carbocycles. The molecule has 0 saturated heterocycles. The number of rotatable bonds is 20. The highest BCUT2D eigenvalue weighted by atomic mass is 19.4. The molecule has 2 aromatic carbocycles. The minimum Gasteiger partial charge on any atom is -0.481 e. The normalized spacial score (nSPS) is 19.6. The standard InChI is InChI=1S/C30H30F4N2O4.C29H28F4N2O5/c1-16(37)27-20-10-18-11-25(36-14-22(18)28(20)27)40-15-19-9-17(5-6-24(19)31)21-13-35-26(12-23(21)30(32,33)34)39-8-4-7-29(2,3)38;1-28(2,38)6-3-7-39-24-11-21(29(31,32)33)19(12-34-24)15-4-5-22(30)17(8-15)14-40-23-10-16-9-18-25(20(16)13-35-23)26(18)27(36)37/h5-6,9,11-14,20,27-28,38H,4,7-8,10,15H2,1-3H3;4-5,8,10-13,18,25-26,38H,3,6-7,9,14H2,1-2H3,(H,36,37)/t20-,27-,28+;18-,25-,26+/m01/s1. The molecule has 4 aromatic heterocycles. The van der Waals surface area contributed by atoms with E-state index in [4.69, 9.17) is 18.9 Å². The van der Waals surface area contributed by atoms with Gasteiger partial charge in [0.15, 0.2) is 0 Å². The van der Waals surface area contributed by atoms with Crippen molar-refractivity contribution in [3.05, 3.63) is 142 Å². The molecule has 0 unspecified atom stereocenters. The number of ether oxygens (including phenoxy) is 4. The zero-order valence-corrected chi connectivity index (χ0v) is 44.2. The van der Waals surface area contributed by atoms with Crippen molar-refractivity contribution in [3.63, 3.8) is 0 Å². The van der Waals surface area contributed by atoms with E-state index in [0.717, 1.165) is 65.3 Å². The molecule has 424 valence electrons. The minimum atomic E-state index is -4.72.